The standard InChI is InChI=1S/C13H19NO4/c1-8(13(2,3)4)7-14-11(15)9-5-6-10(18-9)12(16)17/h5-6,8H,7H2,1-4H3,(H,14,15)(H,16,17). The molecule has 0 saturated carbocycles. The Morgan fingerprint density at radius 2 is 1.89 bits per heavy atom. The van der Waals surface area contributed by atoms with Crippen LogP contribution in [-0.4, -0.2) is 23.5 Å². The van der Waals surface area contributed by atoms with Gasteiger partial charge < -0.3 is 14.8 Å². The van der Waals surface area contributed by atoms with E-state index in [4.69, 9.17) is 9.52 Å². The summed E-state index contributed by atoms with van der Waals surface area (Å²) in [5.41, 5.74) is 0.0999. The summed E-state index contributed by atoms with van der Waals surface area (Å²) in [7, 11) is 0. The number of nitrogens with one attached hydrogen (secondary N) is 1. The zero-order valence-electron chi connectivity index (χ0n) is 11.1. The molecule has 18 heavy (non-hydrogen) atoms. The molecular formula is C13H19NO4. The SMILES string of the molecule is CC(CNC(=O)c1ccc(C(=O)O)o1)C(C)(C)C. The van der Waals surface area contributed by atoms with E-state index in [1.165, 1.54) is 12.1 Å². The fraction of sp³-hybridized carbons (Fsp3) is 0.538. The van der Waals surface area contributed by atoms with E-state index in [-0.39, 0.29) is 16.9 Å². The number of amides is 1. The number of aromatic carboxylic acids is 1. The van der Waals surface area contributed by atoms with E-state index >= 15 is 0 Å². The lowest BCUT2D eigenvalue weighted by molar-refractivity contribution is 0.0659. The third kappa shape index (κ3) is 3.61. The summed E-state index contributed by atoms with van der Waals surface area (Å²) in [6, 6.07) is 2.63. The molecule has 1 atom stereocenters. The first kappa shape index (κ1) is 14.3. The molecule has 100 valence electrons. The number of hydrogen-bond acceptors (Lipinski definition) is 3. The highest BCUT2D eigenvalue weighted by molar-refractivity contribution is 5.93. The lowest BCUT2D eigenvalue weighted by Crippen LogP contribution is -2.33. The van der Waals surface area contributed by atoms with Gasteiger partial charge in [0.25, 0.3) is 5.91 Å². The molecule has 2 N–H and O–H groups in total. The molecule has 1 heterocycles. The van der Waals surface area contributed by atoms with Gasteiger partial charge in [0, 0.05) is 6.54 Å². The van der Waals surface area contributed by atoms with Crippen molar-refractivity contribution in [1.29, 1.82) is 0 Å². The van der Waals surface area contributed by atoms with Crippen LogP contribution in [0.2, 0.25) is 0 Å². The largest absolute Gasteiger partial charge is 0.475 e. The van der Waals surface area contributed by atoms with E-state index in [2.05, 4.69) is 26.1 Å². The number of carboxylic acids is 1. The molecule has 0 radical (unpaired) electrons. The zero-order valence-corrected chi connectivity index (χ0v) is 11.1. The Balaban J connectivity index is 2.58. The van der Waals surface area contributed by atoms with Crippen molar-refractivity contribution in [1.82, 2.24) is 5.32 Å². The molecule has 0 spiro atoms. The van der Waals surface area contributed by atoms with Crippen LogP contribution >= 0.6 is 0 Å². The lowest BCUT2D eigenvalue weighted by Gasteiger charge is -2.27. The van der Waals surface area contributed by atoms with Gasteiger partial charge in [0.05, 0.1) is 0 Å². The van der Waals surface area contributed by atoms with Crippen LogP contribution in [0, 0.1) is 11.3 Å². The Hall–Kier alpha value is -1.78. The molecule has 1 amide bonds. The predicted octanol–water partition coefficient (Wildman–Crippen LogP) is 2.39. The molecule has 0 aromatic carbocycles. The van der Waals surface area contributed by atoms with Crippen molar-refractivity contribution < 1.29 is 19.1 Å². The second kappa shape index (κ2) is 5.25. The summed E-state index contributed by atoms with van der Waals surface area (Å²) in [5, 5.41) is 11.4. The monoisotopic (exact) mass is 253 g/mol. The van der Waals surface area contributed by atoms with Gasteiger partial charge in [-0.05, 0) is 23.5 Å². The van der Waals surface area contributed by atoms with Crippen LogP contribution in [0.1, 0.15) is 48.8 Å². The summed E-state index contributed by atoms with van der Waals surface area (Å²) < 4.78 is 4.91. The predicted molar refractivity (Wildman–Crippen MR) is 66.6 cm³/mol. The number of furan rings is 1. The molecule has 1 aromatic rings. The first-order valence-electron chi connectivity index (χ1n) is 5.83. The minimum Gasteiger partial charge on any atom is -0.475 e. The smallest absolute Gasteiger partial charge is 0.371 e. The third-order valence-electron chi connectivity index (χ3n) is 3.09. The lowest BCUT2D eigenvalue weighted by atomic mass is 9.82. The molecule has 0 fully saturated rings. The number of carbonyl (C=O) groups is 2. The van der Waals surface area contributed by atoms with Crippen LogP contribution in [0.15, 0.2) is 16.5 Å². The topological polar surface area (TPSA) is 79.5 Å². The van der Waals surface area contributed by atoms with Crippen molar-refractivity contribution in [2.75, 3.05) is 6.54 Å². The van der Waals surface area contributed by atoms with Crippen molar-refractivity contribution in [2.45, 2.75) is 27.7 Å². The maximum absolute atomic E-state index is 11.7. The summed E-state index contributed by atoms with van der Waals surface area (Å²) in [5.74, 6) is -1.48. The van der Waals surface area contributed by atoms with Crippen molar-refractivity contribution in [3.8, 4) is 0 Å². The van der Waals surface area contributed by atoms with E-state index in [9.17, 15) is 9.59 Å². The van der Waals surface area contributed by atoms with Gasteiger partial charge in [0.15, 0.2) is 5.76 Å². The van der Waals surface area contributed by atoms with Crippen molar-refractivity contribution in [3.05, 3.63) is 23.7 Å². The molecule has 0 aliphatic heterocycles. The van der Waals surface area contributed by atoms with E-state index in [0.717, 1.165) is 0 Å². The van der Waals surface area contributed by atoms with Gasteiger partial charge in [-0.15, -0.1) is 0 Å². The molecule has 0 saturated heterocycles. The Kier molecular flexibility index (Phi) is 4.16. The van der Waals surface area contributed by atoms with Gasteiger partial charge >= 0.3 is 5.97 Å². The molecule has 1 unspecified atom stereocenters. The minimum atomic E-state index is -1.18. The van der Waals surface area contributed by atoms with Crippen LogP contribution in [0.4, 0.5) is 0 Å². The van der Waals surface area contributed by atoms with E-state index in [1.807, 2.05) is 6.92 Å². The highest BCUT2D eigenvalue weighted by Crippen LogP contribution is 2.24. The summed E-state index contributed by atoms with van der Waals surface area (Å²) >= 11 is 0. The quantitative estimate of drug-likeness (QED) is 0.863. The van der Waals surface area contributed by atoms with Crippen molar-refractivity contribution in [3.63, 3.8) is 0 Å². The van der Waals surface area contributed by atoms with Crippen LogP contribution in [0.5, 0.6) is 0 Å². The van der Waals surface area contributed by atoms with Crippen LogP contribution in [-0.2, 0) is 0 Å². The first-order chi connectivity index (χ1) is 8.21. The van der Waals surface area contributed by atoms with Crippen molar-refractivity contribution in [2.24, 2.45) is 11.3 Å². The average Bonchev–Trinajstić information content (AvgIpc) is 2.73. The summed E-state index contributed by atoms with van der Waals surface area (Å²) in [6.45, 7) is 8.86. The number of rotatable bonds is 4. The highest BCUT2D eigenvalue weighted by Gasteiger charge is 2.21. The number of carboxylic acid groups (broad SMARTS) is 1. The highest BCUT2D eigenvalue weighted by atomic mass is 16.4. The minimum absolute atomic E-state index is 0.0218. The molecule has 0 aliphatic rings. The van der Waals surface area contributed by atoms with Crippen molar-refractivity contribution >= 4 is 11.9 Å². The Bertz CT molecular complexity index is 442. The molecule has 1 rings (SSSR count). The molecule has 1 aromatic heterocycles. The summed E-state index contributed by atoms with van der Waals surface area (Å²) in [6.07, 6.45) is 0. The Morgan fingerprint density at radius 1 is 1.33 bits per heavy atom. The first-order valence-corrected chi connectivity index (χ1v) is 5.83. The van der Waals surface area contributed by atoms with Gasteiger partial charge in [-0.1, -0.05) is 27.7 Å². The fourth-order valence-electron chi connectivity index (χ4n) is 1.21. The molecular weight excluding hydrogens is 234 g/mol. The molecule has 0 aliphatic carbocycles. The van der Waals surface area contributed by atoms with Crippen LogP contribution in [0.3, 0.4) is 0 Å². The van der Waals surface area contributed by atoms with Crippen LogP contribution in [0.25, 0.3) is 0 Å². The number of carbonyl (C=O) groups excluding carboxylic acids is 1. The second-order valence-electron chi connectivity index (χ2n) is 5.45. The van der Waals surface area contributed by atoms with Gasteiger partial charge in [0.2, 0.25) is 5.76 Å². The zero-order chi connectivity index (χ0) is 13.9. The fourth-order valence-corrected chi connectivity index (χ4v) is 1.21. The maximum Gasteiger partial charge on any atom is 0.371 e. The van der Waals surface area contributed by atoms with E-state index in [0.29, 0.717) is 12.5 Å². The second-order valence-corrected chi connectivity index (χ2v) is 5.45. The molecule has 5 nitrogen and oxygen atoms in total. The normalized spacial score (nSPS) is 13.1. The van der Waals surface area contributed by atoms with Gasteiger partial charge in [-0.3, -0.25) is 4.79 Å². The molecule has 5 heteroatoms. The number of hydrogen-bond donors (Lipinski definition) is 2. The Morgan fingerprint density at radius 3 is 2.33 bits per heavy atom. The summed E-state index contributed by atoms with van der Waals surface area (Å²) in [4.78, 5) is 22.3. The Labute approximate surface area is 106 Å². The van der Waals surface area contributed by atoms with Gasteiger partial charge in [-0.2, -0.15) is 0 Å². The van der Waals surface area contributed by atoms with Gasteiger partial charge in [-0.25, -0.2) is 4.79 Å². The third-order valence-corrected chi connectivity index (χ3v) is 3.09. The van der Waals surface area contributed by atoms with E-state index < -0.39 is 11.9 Å². The maximum atomic E-state index is 11.7. The van der Waals surface area contributed by atoms with E-state index in [1.54, 1.807) is 0 Å². The van der Waals surface area contributed by atoms with Gasteiger partial charge in [0.1, 0.15) is 0 Å². The molecule has 0 bridgehead atoms. The average molecular weight is 253 g/mol. The van der Waals surface area contributed by atoms with Crippen LogP contribution < -0.4 is 5.32 Å².